The molecule has 0 radical (unpaired) electrons. The first-order valence-electron chi connectivity index (χ1n) is 7.12. The van der Waals surface area contributed by atoms with E-state index < -0.39 is 30.6 Å². The lowest BCUT2D eigenvalue weighted by Crippen LogP contribution is -2.55. The molecule has 2 N–H and O–H groups in total. The van der Waals surface area contributed by atoms with E-state index >= 15 is 0 Å². The zero-order valence-corrected chi connectivity index (χ0v) is 12.5. The van der Waals surface area contributed by atoms with Gasteiger partial charge >= 0.3 is 6.18 Å². The van der Waals surface area contributed by atoms with Gasteiger partial charge in [-0.05, 0) is 24.1 Å². The van der Waals surface area contributed by atoms with Crippen LogP contribution in [0.15, 0.2) is 24.3 Å². The number of aliphatic hydroxyl groups excluding tert-OH is 2. The normalized spacial score (nSPS) is 26.8. The fraction of sp³-hybridized carbons (Fsp3) is 0.600. The van der Waals surface area contributed by atoms with Crippen molar-refractivity contribution in [3.05, 3.63) is 29.8 Å². The van der Waals surface area contributed by atoms with Crippen molar-refractivity contribution >= 4 is 0 Å². The average Bonchev–Trinajstić information content (AvgIpc) is 2.51. The smallest absolute Gasteiger partial charge is 0.417 e. The molecule has 1 aromatic rings. The van der Waals surface area contributed by atoms with Crippen LogP contribution >= 0.6 is 0 Å². The largest absolute Gasteiger partial charge is 0.497 e. The Labute approximate surface area is 131 Å². The highest BCUT2D eigenvalue weighted by Gasteiger charge is 2.51. The molecule has 130 valence electrons. The van der Waals surface area contributed by atoms with Crippen LogP contribution in [-0.2, 0) is 16.1 Å². The van der Waals surface area contributed by atoms with Crippen LogP contribution in [0.4, 0.5) is 13.2 Å². The minimum atomic E-state index is -4.73. The lowest BCUT2D eigenvalue weighted by atomic mass is 9.97. The topological polar surface area (TPSA) is 68.2 Å². The molecule has 5 nitrogen and oxygen atoms in total. The predicted octanol–water partition coefficient (Wildman–Crippen LogP) is 1.65. The summed E-state index contributed by atoms with van der Waals surface area (Å²) in [4.78, 5) is 0. The Morgan fingerprint density at radius 1 is 1.26 bits per heavy atom. The Bertz CT molecular complexity index is 491. The Morgan fingerprint density at radius 2 is 1.91 bits per heavy atom. The number of hydrogen-bond acceptors (Lipinski definition) is 5. The highest BCUT2D eigenvalue weighted by Crippen LogP contribution is 2.32. The second-order valence-corrected chi connectivity index (χ2v) is 5.30. The molecule has 4 atom stereocenters. The SMILES string of the molecule is COc1ccc(CO[C@@H]([C@H]2OCC[C@@H](O)[C@@H]2O)C(F)(F)F)cc1. The number of ether oxygens (including phenoxy) is 3. The fourth-order valence-corrected chi connectivity index (χ4v) is 2.36. The summed E-state index contributed by atoms with van der Waals surface area (Å²) in [6.07, 6.45) is -11.5. The van der Waals surface area contributed by atoms with E-state index in [4.69, 9.17) is 14.2 Å². The highest BCUT2D eigenvalue weighted by atomic mass is 19.4. The molecule has 1 saturated heterocycles. The van der Waals surface area contributed by atoms with Gasteiger partial charge in [0, 0.05) is 6.61 Å². The van der Waals surface area contributed by atoms with Crippen LogP contribution in [0.5, 0.6) is 5.75 Å². The number of hydrogen-bond donors (Lipinski definition) is 2. The van der Waals surface area contributed by atoms with Crippen molar-refractivity contribution in [1.82, 2.24) is 0 Å². The van der Waals surface area contributed by atoms with Gasteiger partial charge in [0.05, 0.1) is 19.8 Å². The maximum atomic E-state index is 13.2. The Balaban J connectivity index is 2.06. The number of aliphatic hydroxyl groups is 2. The fourth-order valence-electron chi connectivity index (χ4n) is 2.36. The summed E-state index contributed by atoms with van der Waals surface area (Å²) in [5.74, 6) is 0.579. The zero-order valence-electron chi connectivity index (χ0n) is 12.5. The molecular weight excluding hydrogens is 317 g/mol. The Hall–Kier alpha value is -1.35. The summed E-state index contributed by atoms with van der Waals surface area (Å²) in [6.45, 7) is -0.377. The van der Waals surface area contributed by atoms with Gasteiger partial charge in [-0.3, -0.25) is 0 Å². The third kappa shape index (κ3) is 4.57. The van der Waals surface area contributed by atoms with Crippen LogP contribution in [0, 0.1) is 0 Å². The van der Waals surface area contributed by atoms with Crippen LogP contribution in [0.1, 0.15) is 12.0 Å². The van der Waals surface area contributed by atoms with Crippen LogP contribution in [0.3, 0.4) is 0 Å². The molecule has 23 heavy (non-hydrogen) atoms. The van der Waals surface area contributed by atoms with Crippen LogP contribution < -0.4 is 4.74 Å². The molecule has 0 aliphatic carbocycles. The van der Waals surface area contributed by atoms with Crippen molar-refractivity contribution in [2.24, 2.45) is 0 Å². The second-order valence-electron chi connectivity index (χ2n) is 5.30. The van der Waals surface area contributed by atoms with Crippen molar-refractivity contribution < 1.29 is 37.6 Å². The predicted molar refractivity (Wildman–Crippen MR) is 74.0 cm³/mol. The number of halogens is 3. The lowest BCUT2D eigenvalue weighted by Gasteiger charge is -2.37. The standard InChI is InChI=1S/C15H19F3O5/c1-21-10-4-2-9(3-5-10)8-23-14(15(16,17)18)13-12(20)11(19)6-7-22-13/h2-5,11-14,19-20H,6-8H2,1H3/t11-,12+,13+,14+/m1/s1. The van der Waals surface area contributed by atoms with Gasteiger partial charge in [-0.25, -0.2) is 0 Å². The van der Waals surface area contributed by atoms with Crippen molar-refractivity contribution in [2.45, 2.75) is 43.6 Å². The Morgan fingerprint density at radius 3 is 2.48 bits per heavy atom. The van der Waals surface area contributed by atoms with E-state index in [1.165, 1.54) is 7.11 Å². The van der Waals surface area contributed by atoms with E-state index in [0.29, 0.717) is 11.3 Å². The van der Waals surface area contributed by atoms with Gasteiger partial charge in [-0.15, -0.1) is 0 Å². The van der Waals surface area contributed by atoms with E-state index in [2.05, 4.69) is 0 Å². The van der Waals surface area contributed by atoms with Crippen molar-refractivity contribution in [2.75, 3.05) is 13.7 Å². The lowest BCUT2D eigenvalue weighted by molar-refractivity contribution is -0.282. The van der Waals surface area contributed by atoms with Crippen molar-refractivity contribution in [3.63, 3.8) is 0 Å². The number of methoxy groups -OCH3 is 1. The molecule has 0 bridgehead atoms. The van der Waals surface area contributed by atoms with Gasteiger partial charge in [0.2, 0.25) is 0 Å². The van der Waals surface area contributed by atoms with Gasteiger partial charge < -0.3 is 24.4 Å². The molecule has 2 rings (SSSR count). The summed E-state index contributed by atoms with van der Waals surface area (Å²) in [7, 11) is 1.48. The number of alkyl halides is 3. The number of rotatable bonds is 5. The van der Waals surface area contributed by atoms with Gasteiger partial charge in [0.1, 0.15) is 18.0 Å². The maximum absolute atomic E-state index is 13.2. The first kappa shape index (κ1) is 18.0. The molecule has 0 unspecified atom stereocenters. The van der Waals surface area contributed by atoms with E-state index in [1.807, 2.05) is 0 Å². The van der Waals surface area contributed by atoms with E-state index in [-0.39, 0.29) is 19.6 Å². The van der Waals surface area contributed by atoms with E-state index in [1.54, 1.807) is 24.3 Å². The highest BCUT2D eigenvalue weighted by molar-refractivity contribution is 5.26. The molecule has 1 heterocycles. The van der Waals surface area contributed by atoms with Crippen molar-refractivity contribution in [1.29, 1.82) is 0 Å². The minimum Gasteiger partial charge on any atom is -0.497 e. The molecule has 1 aromatic carbocycles. The molecule has 1 aliphatic heterocycles. The van der Waals surface area contributed by atoms with Crippen LogP contribution in [-0.4, -0.2) is 54.5 Å². The zero-order chi connectivity index (χ0) is 17.0. The molecular formula is C15H19F3O5. The quantitative estimate of drug-likeness (QED) is 0.856. The Kier molecular flexibility index (Phi) is 5.85. The van der Waals surface area contributed by atoms with Gasteiger partial charge in [-0.1, -0.05) is 12.1 Å². The van der Waals surface area contributed by atoms with Gasteiger partial charge in [-0.2, -0.15) is 13.2 Å². The third-order valence-corrected chi connectivity index (χ3v) is 3.66. The summed E-state index contributed by atoms with van der Waals surface area (Å²) in [5.41, 5.74) is 0.519. The molecule has 0 spiro atoms. The maximum Gasteiger partial charge on any atom is 0.417 e. The summed E-state index contributed by atoms with van der Waals surface area (Å²) < 4.78 is 54.6. The van der Waals surface area contributed by atoms with Crippen LogP contribution in [0.2, 0.25) is 0 Å². The molecule has 1 fully saturated rings. The minimum absolute atomic E-state index is 0.0681. The van der Waals surface area contributed by atoms with Crippen LogP contribution in [0.25, 0.3) is 0 Å². The van der Waals surface area contributed by atoms with Gasteiger partial charge in [0.25, 0.3) is 0 Å². The molecule has 0 saturated carbocycles. The average molecular weight is 336 g/mol. The first-order chi connectivity index (χ1) is 10.8. The number of benzene rings is 1. The summed E-state index contributed by atoms with van der Waals surface area (Å²) in [6, 6.07) is 6.38. The molecule has 8 heteroatoms. The monoisotopic (exact) mass is 336 g/mol. The van der Waals surface area contributed by atoms with Gasteiger partial charge in [0.15, 0.2) is 6.10 Å². The first-order valence-corrected chi connectivity index (χ1v) is 7.12. The molecule has 0 amide bonds. The molecule has 0 aromatic heterocycles. The van der Waals surface area contributed by atoms with E-state index in [0.717, 1.165) is 0 Å². The summed E-state index contributed by atoms with van der Waals surface area (Å²) in [5, 5.41) is 19.3. The van der Waals surface area contributed by atoms with Crippen molar-refractivity contribution in [3.8, 4) is 5.75 Å². The summed E-state index contributed by atoms with van der Waals surface area (Å²) >= 11 is 0. The van der Waals surface area contributed by atoms with E-state index in [9.17, 15) is 23.4 Å². The third-order valence-electron chi connectivity index (χ3n) is 3.66. The molecule has 1 aliphatic rings. The second kappa shape index (κ2) is 7.48.